The summed E-state index contributed by atoms with van der Waals surface area (Å²) in [4.78, 5) is 14.1. The Morgan fingerprint density at radius 3 is 2.23 bits per heavy atom. The van der Waals surface area contributed by atoms with Crippen molar-refractivity contribution in [1.29, 1.82) is 0 Å². The first-order chi connectivity index (χ1) is 10.8. The monoisotopic (exact) mass is 311 g/mol. The van der Waals surface area contributed by atoms with E-state index >= 15 is 0 Å². The third kappa shape index (κ3) is 11.1. The summed E-state index contributed by atoms with van der Waals surface area (Å²) in [5.74, 6) is 0.00663. The molecule has 0 aromatic carbocycles. The van der Waals surface area contributed by atoms with Crippen LogP contribution in [-0.4, -0.2) is 37.1 Å². The summed E-state index contributed by atoms with van der Waals surface area (Å²) in [6.45, 7) is 6.64. The van der Waals surface area contributed by atoms with Gasteiger partial charge in [0, 0.05) is 6.42 Å². The zero-order chi connectivity index (χ0) is 15.9. The van der Waals surface area contributed by atoms with Gasteiger partial charge in [-0.2, -0.15) is 0 Å². The van der Waals surface area contributed by atoms with Crippen molar-refractivity contribution in [3.8, 4) is 0 Å². The van der Waals surface area contributed by atoms with E-state index in [1.807, 2.05) is 0 Å². The molecular formula is C19H37NO2. The van der Waals surface area contributed by atoms with E-state index in [0.29, 0.717) is 13.0 Å². The van der Waals surface area contributed by atoms with Gasteiger partial charge in [-0.3, -0.25) is 4.79 Å². The standard InChI is InChI=1S/C19H37NO2/c1-2-3-4-5-6-7-13-18-22-19(21)14-9-8-10-15-20-16-11-12-17-20/h2-18H2,1H3. The number of esters is 1. The van der Waals surface area contributed by atoms with Crippen molar-refractivity contribution in [3.05, 3.63) is 0 Å². The van der Waals surface area contributed by atoms with Crippen molar-refractivity contribution in [2.24, 2.45) is 0 Å². The lowest BCUT2D eigenvalue weighted by molar-refractivity contribution is -0.143. The summed E-state index contributed by atoms with van der Waals surface area (Å²) >= 11 is 0. The van der Waals surface area contributed by atoms with Crippen LogP contribution in [0.15, 0.2) is 0 Å². The molecule has 0 atom stereocenters. The van der Waals surface area contributed by atoms with Gasteiger partial charge in [-0.05, 0) is 51.7 Å². The van der Waals surface area contributed by atoms with E-state index < -0.39 is 0 Å². The highest BCUT2D eigenvalue weighted by Gasteiger charge is 2.10. The van der Waals surface area contributed by atoms with Crippen LogP contribution in [0.3, 0.4) is 0 Å². The predicted molar refractivity (Wildman–Crippen MR) is 93.1 cm³/mol. The smallest absolute Gasteiger partial charge is 0.305 e. The number of carbonyl (C=O) groups excluding carboxylic acids is 1. The summed E-state index contributed by atoms with van der Waals surface area (Å²) in [7, 11) is 0. The van der Waals surface area contributed by atoms with E-state index in [2.05, 4.69) is 11.8 Å². The zero-order valence-corrected chi connectivity index (χ0v) is 14.8. The Morgan fingerprint density at radius 1 is 0.864 bits per heavy atom. The summed E-state index contributed by atoms with van der Waals surface area (Å²) in [6.07, 6.45) is 15.6. The van der Waals surface area contributed by atoms with Gasteiger partial charge in [-0.1, -0.05) is 51.9 Å². The zero-order valence-electron chi connectivity index (χ0n) is 14.8. The second-order valence-corrected chi connectivity index (χ2v) is 6.70. The minimum atomic E-state index is 0.00663. The molecule has 0 bridgehead atoms. The molecule has 0 N–H and O–H groups in total. The van der Waals surface area contributed by atoms with Gasteiger partial charge >= 0.3 is 5.97 Å². The van der Waals surface area contributed by atoms with Gasteiger partial charge in [0.05, 0.1) is 6.61 Å². The third-order valence-electron chi connectivity index (χ3n) is 4.56. The molecule has 0 spiro atoms. The van der Waals surface area contributed by atoms with Crippen LogP contribution in [0.2, 0.25) is 0 Å². The minimum absolute atomic E-state index is 0.00663. The molecular weight excluding hydrogens is 274 g/mol. The van der Waals surface area contributed by atoms with Crippen molar-refractivity contribution < 1.29 is 9.53 Å². The van der Waals surface area contributed by atoms with Gasteiger partial charge in [-0.25, -0.2) is 0 Å². The van der Waals surface area contributed by atoms with Crippen molar-refractivity contribution in [2.45, 2.75) is 90.4 Å². The number of nitrogens with zero attached hydrogens (tertiary/aromatic N) is 1. The van der Waals surface area contributed by atoms with E-state index in [1.54, 1.807) is 0 Å². The highest BCUT2D eigenvalue weighted by molar-refractivity contribution is 5.69. The van der Waals surface area contributed by atoms with Crippen LogP contribution in [0.5, 0.6) is 0 Å². The van der Waals surface area contributed by atoms with Crippen LogP contribution in [0, 0.1) is 0 Å². The van der Waals surface area contributed by atoms with E-state index in [1.165, 1.54) is 77.4 Å². The Kier molecular flexibility index (Phi) is 12.4. The predicted octanol–water partition coefficient (Wildman–Crippen LogP) is 4.94. The van der Waals surface area contributed by atoms with Crippen LogP contribution >= 0.6 is 0 Å². The number of ether oxygens (including phenoxy) is 1. The fourth-order valence-electron chi connectivity index (χ4n) is 3.11. The lowest BCUT2D eigenvalue weighted by Crippen LogP contribution is -2.20. The molecule has 1 aliphatic heterocycles. The molecule has 0 aromatic heterocycles. The number of unbranched alkanes of at least 4 members (excludes halogenated alkanes) is 8. The first-order valence-corrected chi connectivity index (χ1v) is 9.71. The van der Waals surface area contributed by atoms with Crippen LogP contribution in [0.4, 0.5) is 0 Å². The minimum Gasteiger partial charge on any atom is -0.466 e. The van der Waals surface area contributed by atoms with E-state index in [4.69, 9.17) is 4.74 Å². The number of likely N-dealkylation sites (tertiary alicyclic amines) is 1. The van der Waals surface area contributed by atoms with Gasteiger partial charge in [0.15, 0.2) is 0 Å². The molecule has 130 valence electrons. The van der Waals surface area contributed by atoms with Crippen LogP contribution in [0.25, 0.3) is 0 Å². The molecule has 3 heteroatoms. The second kappa shape index (κ2) is 14.0. The lowest BCUT2D eigenvalue weighted by Gasteiger charge is -2.13. The quantitative estimate of drug-likeness (QED) is 0.336. The number of hydrogen-bond acceptors (Lipinski definition) is 3. The van der Waals surface area contributed by atoms with Crippen molar-refractivity contribution in [3.63, 3.8) is 0 Å². The molecule has 0 radical (unpaired) electrons. The molecule has 0 saturated carbocycles. The second-order valence-electron chi connectivity index (χ2n) is 6.70. The van der Waals surface area contributed by atoms with Crippen LogP contribution in [0.1, 0.15) is 90.4 Å². The summed E-state index contributed by atoms with van der Waals surface area (Å²) in [6, 6.07) is 0. The lowest BCUT2D eigenvalue weighted by atomic mass is 10.1. The molecule has 1 rings (SSSR count). The first-order valence-electron chi connectivity index (χ1n) is 9.71. The Hall–Kier alpha value is -0.570. The van der Waals surface area contributed by atoms with Gasteiger partial charge in [-0.15, -0.1) is 0 Å². The maximum atomic E-state index is 11.6. The SMILES string of the molecule is CCCCCCCCCOC(=O)CCCCCN1CCCC1. The van der Waals surface area contributed by atoms with Gasteiger partial charge < -0.3 is 9.64 Å². The topological polar surface area (TPSA) is 29.5 Å². The summed E-state index contributed by atoms with van der Waals surface area (Å²) in [5.41, 5.74) is 0. The molecule has 1 heterocycles. The fourth-order valence-corrected chi connectivity index (χ4v) is 3.11. The first kappa shape index (κ1) is 19.5. The molecule has 1 aliphatic rings. The highest BCUT2D eigenvalue weighted by atomic mass is 16.5. The largest absolute Gasteiger partial charge is 0.466 e. The normalized spacial score (nSPS) is 15.3. The molecule has 22 heavy (non-hydrogen) atoms. The highest BCUT2D eigenvalue weighted by Crippen LogP contribution is 2.10. The Bertz CT molecular complexity index is 262. The molecule has 0 amide bonds. The maximum Gasteiger partial charge on any atom is 0.305 e. The molecule has 0 aromatic rings. The van der Waals surface area contributed by atoms with Crippen LogP contribution < -0.4 is 0 Å². The number of hydrogen-bond donors (Lipinski definition) is 0. The van der Waals surface area contributed by atoms with E-state index in [-0.39, 0.29) is 5.97 Å². The van der Waals surface area contributed by atoms with Crippen LogP contribution in [-0.2, 0) is 9.53 Å². The summed E-state index contributed by atoms with van der Waals surface area (Å²) < 4.78 is 5.30. The molecule has 1 fully saturated rings. The average Bonchev–Trinajstić information content (AvgIpc) is 3.03. The Morgan fingerprint density at radius 2 is 1.50 bits per heavy atom. The van der Waals surface area contributed by atoms with Gasteiger partial charge in [0.1, 0.15) is 0 Å². The van der Waals surface area contributed by atoms with Gasteiger partial charge in [0.25, 0.3) is 0 Å². The average molecular weight is 312 g/mol. The summed E-state index contributed by atoms with van der Waals surface area (Å²) in [5, 5.41) is 0. The van der Waals surface area contributed by atoms with Crippen molar-refractivity contribution in [1.82, 2.24) is 4.90 Å². The Labute approximate surface area is 137 Å². The maximum absolute atomic E-state index is 11.6. The Balaban J connectivity index is 1.77. The number of carbonyl (C=O) groups is 1. The molecule has 0 unspecified atom stereocenters. The van der Waals surface area contributed by atoms with Gasteiger partial charge in [0.2, 0.25) is 0 Å². The number of rotatable bonds is 14. The van der Waals surface area contributed by atoms with Crippen molar-refractivity contribution in [2.75, 3.05) is 26.2 Å². The molecule has 3 nitrogen and oxygen atoms in total. The molecule has 0 aliphatic carbocycles. The molecule has 1 saturated heterocycles. The third-order valence-corrected chi connectivity index (χ3v) is 4.56. The van der Waals surface area contributed by atoms with E-state index in [9.17, 15) is 4.79 Å². The van der Waals surface area contributed by atoms with Crippen molar-refractivity contribution >= 4 is 5.97 Å². The fraction of sp³-hybridized carbons (Fsp3) is 0.947. The van der Waals surface area contributed by atoms with E-state index in [0.717, 1.165) is 19.3 Å².